The van der Waals surface area contributed by atoms with E-state index in [1.54, 1.807) is 49.6 Å². The number of hydrogen-bond donors (Lipinski definition) is 1. The molecule has 1 N–H and O–H groups in total. The second kappa shape index (κ2) is 8.01. The Hall–Kier alpha value is -3.02. The van der Waals surface area contributed by atoms with Gasteiger partial charge in [0.2, 0.25) is 0 Å². The Balaban J connectivity index is 2.07. The standard InChI is InChI=1S/C18H19NO5/c1-22-14-7-5-13(6-8-14)17(20)19-11-12-4-9-16(23-2)15(10-12)18(21)24-3/h4-10H,11H2,1-3H3,(H,19,20). The number of hydrogen-bond acceptors (Lipinski definition) is 5. The smallest absolute Gasteiger partial charge is 0.341 e. The lowest BCUT2D eigenvalue weighted by atomic mass is 10.1. The lowest BCUT2D eigenvalue weighted by Gasteiger charge is -2.10. The van der Waals surface area contributed by atoms with Crippen LogP contribution in [0.3, 0.4) is 0 Å². The van der Waals surface area contributed by atoms with E-state index in [1.807, 2.05) is 0 Å². The van der Waals surface area contributed by atoms with Crippen LogP contribution >= 0.6 is 0 Å². The molecule has 0 saturated carbocycles. The predicted octanol–water partition coefficient (Wildman–Crippen LogP) is 2.42. The molecule has 2 aromatic rings. The van der Waals surface area contributed by atoms with Crippen molar-refractivity contribution in [3.63, 3.8) is 0 Å². The van der Waals surface area contributed by atoms with Gasteiger partial charge in [0.15, 0.2) is 0 Å². The minimum atomic E-state index is -0.491. The summed E-state index contributed by atoms with van der Waals surface area (Å²) in [6.07, 6.45) is 0. The van der Waals surface area contributed by atoms with Crippen LogP contribution in [0.25, 0.3) is 0 Å². The first-order valence-electron chi connectivity index (χ1n) is 7.26. The molecule has 24 heavy (non-hydrogen) atoms. The van der Waals surface area contributed by atoms with Gasteiger partial charge >= 0.3 is 5.97 Å². The average Bonchev–Trinajstić information content (AvgIpc) is 2.65. The molecular formula is C18H19NO5. The molecular weight excluding hydrogens is 310 g/mol. The number of amides is 1. The van der Waals surface area contributed by atoms with Crippen LogP contribution in [-0.4, -0.2) is 33.2 Å². The van der Waals surface area contributed by atoms with E-state index in [1.165, 1.54) is 14.2 Å². The first-order valence-corrected chi connectivity index (χ1v) is 7.26. The summed E-state index contributed by atoms with van der Waals surface area (Å²) >= 11 is 0. The number of benzene rings is 2. The molecule has 0 fully saturated rings. The van der Waals surface area contributed by atoms with Crippen molar-refractivity contribution in [2.45, 2.75) is 6.54 Å². The van der Waals surface area contributed by atoms with E-state index in [0.717, 1.165) is 5.56 Å². The maximum Gasteiger partial charge on any atom is 0.341 e. The fraction of sp³-hybridized carbons (Fsp3) is 0.222. The Morgan fingerprint density at radius 1 is 0.958 bits per heavy atom. The van der Waals surface area contributed by atoms with Crippen molar-refractivity contribution in [2.24, 2.45) is 0 Å². The van der Waals surface area contributed by atoms with E-state index in [-0.39, 0.29) is 12.5 Å². The summed E-state index contributed by atoms with van der Waals surface area (Å²) in [6, 6.07) is 11.9. The lowest BCUT2D eigenvalue weighted by Crippen LogP contribution is -2.22. The monoisotopic (exact) mass is 329 g/mol. The largest absolute Gasteiger partial charge is 0.497 e. The van der Waals surface area contributed by atoms with Gasteiger partial charge in [-0.25, -0.2) is 4.79 Å². The molecule has 2 rings (SSSR count). The summed E-state index contributed by atoms with van der Waals surface area (Å²) in [5, 5.41) is 2.80. The number of methoxy groups -OCH3 is 3. The van der Waals surface area contributed by atoms with Gasteiger partial charge in [-0.3, -0.25) is 4.79 Å². The van der Waals surface area contributed by atoms with Crippen LogP contribution in [0.4, 0.5) is 0 Å². The number of rotatable bonds is 6. The second-order valence-electron chi connectivity index (χ2n) is 4.94. The number of carbonyl (C=O) groups is 2. The number of carbonyl (C=O) groups excluding carboxylic acids is 2. The van der Waals surface area contributed by atoms with Gasteiger partial charge < -0.3 is 19.5 Å². The Morgan fingerprint density at radius 2 is 1.67 bits per heavy atom. The summed E-state index contributed by atoms with van der Waals surface area (Å²) in [5.41, 5.74) is 1.60. The van der Waals surface area contributed by atoms with Crippen molar-refractivity contribution in [3.05, 3.63) is 59.2 Å². The number of nitrogens with one attached hydrogen (secondary N) is 1. The van der Waals surface area contributed by atoms with Gasteiger partial charge in [0.1, 0.15) is 17.1 Å². The molecule has 0 spiro atoms. The normalized spacial score (nSPS) is 9.96. The molecule has 0 aliphatic rings. The van der Waals surface area contributed by atoms with Gasteiger partial charge in [-0.05, 0) is 42.0 Å². The highest BCUT2D eigenvalue weighted by atomic mass is 16.5. The maximum absolute atomic E-state index is 12.1. The minimum Gasteiger partial charge on any atom is -0.497 e. The molecule has 1 amide bonds. The van der Waals surface area contributed by atoms with E-state index in [9.17, 15) is 9.59 Å². The average molecular weight is 329 g/mol. The molecule has 0 atom stereocenters. The third-order valence-electron chi connectivity index (χ3n) is 3.47. The Kier molecular flexibility index (Phi) is 5.78. The van der Waals surface area contributed by atoms with Crippen LogP contribution in [-0.2, 0) is 11.3 Å². The SMILES string of the molecule is COC(=O)c1cc(CNC(=O)c2ccc(OC)cc2)ccc1OC. The molecule has 0 heterocycles. The van der Waals surface area contributed by atoms with Crippen LogP contribution in [0.5, 0.6) is 11.5 Å². The Labute approximate surface area is 140 Å². The van der Waals surface area contributed by atoms with Gasteiger partial charge in [-0.2, -0.15) is 0 Å². The van der Waals surface area contributed by atoms with Crippen molar-refractivity contribution in [2.75, 3.05) is 21.3 Å². The zero-order chi connectivity index (χ0) is 17.5. The van der Waals surface area contributed by atoms with E-state index >= 15 is 0 Å². The van der Waals surface area contributed by atoms with Crippen molar-refractivity contribution in [3.8, 4) is 11.5 Å². The van der Waals surface area contributed by atoms with E-state index in [0.29, 0.717) is 22.6 Å². The maximum atomic E-state index is 12.1. The highest BCUT2D eigenvalue weighted by Gasteiger charge is 2.14. The molecule has 6 nitrogen and oxygen atoms in total. The van der Waals surface area contributed by atoms with Crippen LogP contribution in [0.2, 0.25) is 0 Å². The molecule has 0 aliphatic heterocycles. The molecule has 0 aromatic heterocycles. The Morgan fingerprint density at radius 3 is 2.25 bits per heavy atom. The zero-order valence-electron chi connectivity index (χ0n) is 13.8. The molecule has 0 radical (unpaired) electrons. The molecule has 126 valence electrons. The van der Waals surface area contributed by atoms with Gasteiger partial charge in [-0.1, -0.05) is 6.07 Å². The fourth-order valence-electron chi connectivity index (χ4n) is 2.16. The first kappa shape index (κ1) is 17.3. The number of ether oxygens (including phenoxy) is 3. The Bertz CT molecular complexity index is 725. The second-order valence-corrected chi connectivity index (χ2v) is 4.94. The summed E-state index contributed by atoms with van der Waals surface area (Å²) in [7, 11) is 4.35. The van der Waals surface area contributed by atoms with Gasteiger partial charge in [-0.15, -0.1) is 0 Å². The van der Waals surface area contributed by atoms with Crippen LogP contribution in [0.1, 0.15) is 26.3 Å². The van der Waals surface area contributed by atoms with Crippen molar-refractivity contribution in [1.29, 1.82) is 0 Å². The van der Waals surface area contributed by atoms with E-state index < -0.39 is 5.97 Å². The highest BCUT2D eigenvalue weighted by molar-refractivity contribution is 5.94. The van der Waals surface area contributed by atoms with Crippen LogP contribution in [0.15, 0.2) is 42.5 Å². The van der Waals surface area contributed by atoms with Gasteiger partial charge in [0.25, 0.3) is 5.91 Å². The predicted molar refractivity (Wildman–Crippen MR) is 88.5 cm³/mol. The van der Waals surface area contributed by atoms with E-state index in [2.05, 4.69) is 5.32 Å². The molecule has 0 aliphatic carbocycles. The minimum absolute atomic E-state index is 0.215. The molecule has 0 saturated heterocycles. The van der Waals surface area contributed by atoms with E-state index in [4.69, 9.17) is 14.2 Å². The third kappa shape index (κ3) is 4.04. The summed E-state index contributed by atoms with van der Waals surface area (Å²) in [4.78, 5) is 23.9. The highest BCUT2D eigenvalue weighted by Crippen LogP contribution is 2.21. The molecule has 2 aromatic carbocycles. The quantitative estimate of drug-likeness (QED) is 0.824. The van der Waals surface area contributed by atoms with Crippen LogP contribution < -0.4 is 14.8 Å². The summed E-state index contributed by atoms with van der Waals surface area (Å²) < 4.78 is 14.9. The van der Waals surface area contributed by atoms with Gasteiger partial charge in [0, 0.05) is 12.1 Å². The fourth-order valence-corrected chi connectivity index (χ4v) is 2.16. The van der Waals surface area contributed by atoms with Crippen molar-refractivity contribution < 1.29 is 23.8 Å². The van der Waals surface area contributed by atoms with Gasteiger partial charge in [0.05, 0.1) is 21.3 Å². The topological polar surface area (TPSA) is 73.9 Å². The van der Waals surface area contributed by atoms with Crippen LogP contribution in [0, 0.1) is 0 Å². The third-order valence-corrected chi connectivity index (χ3v) is 3.47. The van der Waals surface area contributed by atoms with Crippen molar-refractivity contribution in [1.82, 2.24) is 5.32 Å². The summed E-state index contributed by atoms with van der Waals surface area (Å²) in [6.45, 7) is 0.277. The molecule has 6 heteroatoms. The number of esters is 1. The lowest BCUT2D eigenvalue weighted by molar-refractivity contribution is 0.0597. The molecule has 0 unspecified atom stereocenters. The zero-order valence-corrected chi connectivity index (χ0v) is 13.8. The van der Waals surface area contributed by atoms with Crippen molar-refractivity contribution >= 4 is 11.9 Å². The molecule has 0 bridgehead atoms. The summed E-state index contributed by atoms with van der Waals surface area (Å²) in [5.74, 6) is 0.403. The first-order chi connectivity index (χ1) is 11.6.